The molecule has 0 bridgehead atoms. The highest BCUT2D eigenvalue weighted by molar-refractivity contribution is 5.36. The Morgan fingerprint density at radius 2 is 2.00 bits per heavy atom. The average molecular weight is 299 g/mol. The highest BCUT2D eigenvalue weighted by Gasteiger charge is 2.22. The molecule has 0 aromatic carbocycles. The van der Waals surface area contributed by atoms with Gasteiger partial charge < -0.3 is 9.64 Å². The summed E-state index contributed by atoms with van der Waals surface area (Å²) in [5.41, 5.74) is 1.98. The first-order chi connectivity index (χ1) is 10.7. The highest BCUT2D eigenvalue weighted by Crippen LogP contribution is 2.21. The van der Waals surface area contributed by atoms with E-state index < -0.39 is 0 Å². The number of aromatic nitrogens is 4. The third-order valence-electron chi connectivity index (χ3n) is 3.79. The fourth-order valence-electron chi connectivity index (χ4n) is 2.66. The first-order valence-electron chi connectivity index (χ1n) is 7.66. The molecule has 0 amide bonds. The van der Waals surface area contributed by atoms with Gasteiger partial charge in [0.15, 0.2) is 0 Å². The summed E-state index contributed by atoms with van der Waals surface area (Å²) >= 11 is 0. The number of piperidine rings is 1. The van der Waals surface area contributed by atoms with Crippen molar-refractivity contribution in [3.05, 3.63) is 36.0 Å². The smallest absolute Gasteiger partial charge is 0.316 e. The Morgan fingerprint density at radius 1 is 1.18 bits per heavy atom. The molecule has 1 atom stereocenters. The Bertz CT molecular complexity index is 616. The molecule has 0 aliphatic carbocycles. The molecule has 2 aromatic rings. The van der Waals surface area contributed by atoms with Gasteiger partial charge in [-0.3, -0.25) is 4.98 Å². The average Bonchev–Trinajstić information content (AvgIpc) is 2.55. The van der Waals surface area contributed by atoms with Gasteiger partial charge in [-0.2, -0.15) is 0 Å². The van der Waals surface area contributed by atoms with Crippen LogP contribution in [-0.4, -0.2) is 39.6 Å². The normalized spacial score (nSPS) is 18.3. The van der Waals surface area contributed by atoms with Gasteiger partial charge >= 0.3 is 6.01 Å². The van der Waals surface area contributed by atoms with Crippen LogP contribution in [-0.2, 0) is 0 Å². The maximum absolute atomic E-state index is 5.72. The minimum absolute atomic E-state index is 0.457. The molecule has 2 aromatic heterocycles. The molecule has 3 heterocycles. The third-order valence-corrected chi connectivity index (χ3v) is 3.79. The van der Waals surface area contributed by atoms with E-state index in [2.05, 4.69) is 24.8 Å². The van der Waals surface area contributed by atoms with Crippen molar-refractivity contribution >= 4 is 5.82 Å². The molecule has 1 unspecified atom stereocenters. The third kappa shape index (κ3) is 3.69. The van der Waals surface area contributed by atoms with Crippen LogP contribution in [0, 0.1) is 19.8 Å². The summed E-state index contributed by atoms with van der Waals surface area (Å²) in [6, 6.07) is 0.457. The predicted molar refractivity (Wildman–Crippen MR) is 84.0 cm³/mol. The standard InChI is InChI=1S/C16H21N5O/c1-12-6-18-16(19-7-12)22-11-14-4-3-5-21(10-14)15-9-17-8-13(2)20-15/h6-9,14H,3-5,10-11H2,1-2H3. The zero-order valence-corrected chi connectivity index (χ0v) is 13.1. The van der Waals surface area contributed by atoms with Crippen LogP contribution in [0.5, 0.6) is 6.01 Å². The lowest BCUT2D eigenvalue weighted by atomic mass is 9.99. The Balaban J connectivity index is 1.57. The van der Waals surface area contributed by atoms with Gasteiger partial charge in [-0.25, -0.2) is 15.0 Å². The summed E-state index contributed by atoms with van der Waals surface area (Å²) in [6.45, 7) is 6.53. The van der Waals surface area contributed by atoms with Gasteiger partial charge in [-0.1, -0.05) is 0 Å². The fraction of sp³-hybridized carbons (Fsp3) is 0.500. The predicted octanol–water partition coefficient (Wildman–Crippen LogP) is 2.18. The van der Waals surface area contributed by atoms with Gasteiger partial charge in [0.25, 0.3) is 0 Å². The summed E-state index contributed by atoms with van der Waals surface area (Å²) in [7, 11) is 0. The number of ether oxygens (including phenoxy) is 1. The Hall–Kier alpha value is -2.24. The Kier molecular flexibility index (Phi) is 4.46. The van der Waals surface area contributed by atoms with Crippen molar-refractivity contribution < 1.29 is 4.74 Å². The number of aryl methyl sites for hydroxylation is 2. The van der Waals surface area contributed by atoms with Crippen LogP contribution in [0.15, 0.2) is 24.8 Å². The molecule has 1 fully saturated rings. The fourth-order valence-corrected chi connectivity index (χ4v) is 2.66. The van der Waals surface area contributed by atoms with Crippen molar-refractivity contribution in [2.75, 3.05) is 24.6 Å². The van der Waals surface area contributed by atoms with E-state index in [4.69, 9.17) is 4.74 Å². The van der Waals surface area contributed by atoms with E-state index in [1.54, 1.807) is 18.6 Å². The minimum atomic E-state index is 0.457. The molecule has 1 aliphatic heterocycles. The largest absolute Gasteiger partial charge is 0.463 e. The van der Waals surface area contributed by atoms with Gasteiger partial charge in [0, 0.05) is 37.6 Å². The van der Waals surface area contributed by atoms with Crippen LogP contribution in [0.1, 0.15) is 24.1 Å². The number of hydrogen-bond donors (Lipinski definition) is 0. The van der Waals surface area contributed by atoms with Crippen LogP contribution in [0.25, 0.3) is 0 Å². The summed E-state index contributed by atoms with van der Waals surface area (Å²) in [5.74, 6) is 1.41. The number of hydrogen-bond acceptors (Lipinski definition) is 6. The van der Waals surface area contributed by atoms with Crippen molar-refractivity contribution in [2.45, 2.75) is 26.7 Å². The van der Waals surface area contributed by atoms with E-state index in [0.717, 1.165) is 43.0 Å². The molecular formula is C16H21N5O. The van der Waals surface area contributed by atoms with Crippen LogP contribution >= 0.6 is 0 Å². The molecule has 0 N–H and O–H groups in total. The summed E-state index contributed by atoms with van der Waals surface area (Å²) in [4.78, 5) is 19.4. The van der Waals surface area contributed by atoms with Crippen LogP contribution < -0.4 is 9.64 Å². The Morgan fingerprint density at radius 3 is 2.77 bits per heavy atom. The van der Waals surface area contributed by atoms with E-state index >= 15 is 0 Å². The second-order valence-corrected chi connectivity index (χ2v) is 5.83. The lowest BCUT2D eigenvalue weighted by Crippen LogP contribution is -2.38. The molecule has 22 heavy (non-hydrogen) atoms. The summed E-state index contributed by atoms with van der Waals surface area (Å²) in [5, 5.41) is 0. The second kappa shape index (κ2) is 6.68. The molecule has 116 valence electrons. The van der Waals surface area contributed by atoms with E-state index in [0.29, 0.717) is 18.5 Å². The van der Waals surface area contributed by atoms with E-state index in [1.807, 2.05) is 20.0 Å². The van der Waals surface area contributed by atoms with Crippen LogP contribution in [0.4, 0.5) is 5.82 Å². The summed E-state index contributed by atoms with van der Waals surface area (Å²) < 4.78 is 5.72. The van der Waals surface area contributed by atoms with Gasteiger partial charge in [0.05, 0.1) is 18.5 Å². The van der Waals surface area contributed by atoms with Gasteiger partial charge in [0.1, 0.15) is 5.82 Å². The lowest BCUT2D eigenvalue weighted by Gasteiger charge is -2.33. The lowest BCUT2D eigenvalue weighted by molar-refractivity contribution is 0.213. The molecular weight excluding hydrogens is 278 g/mol. The highest BCUT2D eigenvalue weighted by atomic mass is 16.5. The van der Waals surface area contributed by atoms with Gasteiger partial charge in [0.2, 0.25) is 0 Å². The van der Waals surface area contributed by atoms with Crippen molar-refractivity contribution in [3.63, 3.8) is 0 Å². The summed E-state index contributed by atoms with van der Waals surface area (Å²) in [6.07, 6.45) is 9.46. The van der Waals surface area contributed by atoms with Crippen LogP contribution in [0.3, 0.4) is 0 Å². The number of nitrogens with zero attached hydrogens (tertiary/aromatic N) is 5. The van der Waals surface area contributed by atoms with Crippen molar-refractivity contribution in [1.29, 1.82) is 0 Å². The molecule has 0 radical (unpaired) electrons. The molecule has 1 saturated heterocycles. The zero-order chi connectivity index (χ0) is 15.4. The maximum atomic E-state index is 5.72. The Labute approximate surface area is 130 Å². The quantitative estimate of drug-likeness (QED) is 0.862. The first kappa shape index (κ1) is 14.7. The van der Waals surface area contributed by atoms with E-state index in [-0.39, 0.29) is 0 Å². The number of anilines is 1. The molecule has 6 nitrogen and oxygen atoms in total. The molecule has 6 heteroatoms. The first-order valence-corrected chi connectivity index (χ1v) is 7.66. The minimum Gasteiger partial charge on any atom is -0.463 e. The molecule has 0 saturated carbocycles. The SMILES string of the molecule is Cc1cnc(OCC2CCCN(c3cncc(C)n3)C2)nc1. The van der Waals surface area contributed by atoms with Crippen molar-refractivity contribution in [3.8, 4) is 6.01 Å². The molecule has 1 aliphatic rings. The number of rotatable bonds is 4. The maximum Gasteiger partial charge on any atom is 0.316 e. The zero-order valence-electron chi connectivity index (χ0n) is 13.1. The van der Waals surface area contributed by atoms with Crippen molar-refractivity contribution in [2.24, 2.45) is 5.92 Å². The monoisotopic (exact) mass is 299 g/mol. The molecule has 3 rings (SSSR count). The van der Waals surface area contributed by atoms with E-state index in [1.165, 1.54) is 0 Å². The second-order valence-electron chi connectivity index (χ2n) is 5.83. The van der Waals surface area contributed by atoms with Crippen LogP contribution in [0.2, 0.25) is 0 Å². The molecule has 0 spiro atoms. The van der Waals surface area contributed by atoms with Crippen molar-refractivity contribution in [1.82, 2.24) is 19.9 Å². The van der Waals surface area contributed by atoms with E-state index in [9.17, 15) is 0 Å². The topological polar surface area (TPSA) is 64.0 Å². The van der Waals surface area contributed by atoms with Gasteiger partial charge in [-0.15, -0.1) is 0 Å². The van der Waals surface area contributed by atoms with Gasteiger partial charge in [-0.05, 0) is 32.3 Å².